The highest BCUT2D eigenvalue weighted by molar-refractivity contribution is 9.11. The third-order valence-corrected chi connectivity index (χ3v) is 3.41. The van der Waals surface area contributed by atoms with Gasteiger partial charge < -0.3 is 15.2 Å². The summed E-state index contributed by atoms with van der Waals surface area (Å²) >= 11 is 7.01. The molecule has 0 atom stereocenters. The average Bonchev–Trinajstić information content (AvgIpc) is 2.33. The maximum Gasteiger partial charge on any atom is 0.138 e. The Morgan fingerprint density at radius 3 is 2.78 bits per heavy atom. The molecule has 102 valence electrons. The molecule has 0 saturated carbocycles. The number of halogens is 2. The van der Waals surface area contributed by atoms with E-state index in [9.17, 15) is 0 Å². The standard InChI is InChI=1S/C13H19Br2NO2/c1-2-6-18-13-10(9-16-4-3-5-17)7-11(14)8-12(13)15/h7-8,16-17H,2-6,9H2,1H3. The summed E-state index contributed by atoms with van der Waals surface area (Å²) in [6, 6.07) is 4.05. The molecule has 2 N–H and O–H groups in total. The Labute approximate surface area is 125 Å². The van der Waals surface area contributed by atoms with Crippen molar-refractivity contribution in [2.75, 3.05) is 19.8 Å². The van der Waals surface area contributed by atoms with Gasteiger partial charge in [-0.3, -0.25) is 0 Å². The minimum absolute atomic E-state index is 0.217. The number of aliphatic hydroxyl groups is 1. The Morgan fingerprint density at radius 1 is 1.33 bits per heavy atom. The van der Waals surface area contributed by atoms with Gasteiger partial charge in [0.2, 0.25) is 0 Å². The van der Waals surface area contributed by atoms with Crippen LogP contribution in [-0.4, -0.2) is 24.9 Å². The molecule has 0 spiro atoms. The first kappa shape index (κ1) is 16.0. The number of benzene rings is 1. The maximum atomic E-state index is 8.74. The average molecular weight is 381 g/mol. The van der Waals surface area contributed by atoms with Crippen molar-refractivity contribution in [1.29, 1.82) is 0 Å². The van der Waals surface area contributed by atoms with Crippen molar-refractivity contribution in [3.8, 4) is 5.75 Å². The Balaban J connectivity index is 2.72. The first-order valence-electron chi connectivity index (χ1n) is 6.11. The summed E-state index contributed by atoms with van der Waals surface area (Å²) in [5.41, 5.74) is 1.11. The lowest BCUT2D eigenvalue weighted by molar-refractivity contribution is 0.285. The molecule has 0 aliphatic heterocycles. The number of hydrogen-bond acceptors (Lipinski definition) is 3. The fourth-order valence-corrected chi connectivity index (χ4v) is 2.97. The molecule has 0 bridgehead atoms. The Morgan fingerprint density at radius 2 is 2.11 bits per heavy atom. The molecule has 0 fully saturated rings. The molecule has 0 unspecified atom stereocenters. The van der Waals surface area contributed by atoms with Crippen molar-refractivity contribution >= 4 is 31.9 Å². The van der Waals surface area contributed by atoms with Crippen molar-refractivity contribution < 1.29 is 9.84 Å². The number of ether oxygens (including phenoxy) is 1. The van der Waals surface area contributed by atoms with Crippen LogP contribution in [0.4, 0.5) is 0 Å². The van der Waals surface area contributed by atoms with E-state index in [1.165, 1.54) is 0 Å². The van der Waals surface area contributed by atoms with Gasteiger partial charge in [0.1, 0.15) is 5.75 Å². The van der Waals surface area contributed by atoms with Gasteiger partial charge >= 0.3 is 0 Å². The third-order valence-electron chi connectivity index (χ3n) is 2.36. The van der Waals surface area contributed by atoms with Gasteiger partial charge in [0.15, 0.2) is 0 Å². The van der Waals surface area contributed by atoms with E-state index >= 15 is 0 Å². The van der Waals surface area contributed by atoms with E-state index < -0.39 is 0 Å². The normalized spacial score (nSPS) is 10.7. The van der Waals surface area contributed by atoms with Gasteiger partial charge in [-0.1, -0.05) is 22.9 Å². The summed E-state index contributed by atoms with van der Waals surface area (Å²) in [6.07, 6.45) is 1.75. The summed E-state index contributed by atoms with van der Waals surface area (Å²) in [4.78, 5) is 0. The SMILES string of the molecule is CCCOc1c(Br)cc(Br)cc1CNCCCO. The Bertz CT molecular complexity index is 372. The fraction of sp³-hybridized carbons (Fsp3) is 0.538. The molecule has 0 aliphatic rings. The molecule has 5 heteroatoms. The van der Waals surface area contributed by atoms with Crippen LogP contribution >= 0.6 is 31.9 Å². The minimum Gasteiger partial charge on any atom is -0.492 e. The van der Waals surface area contributed by atoms with Crippen molar-refractivity contribution in [2.24, 2.45) is 0 Å². The van der Waals surface area contributed by atoms with Gasteiger partial charge in [-0.15, -0.1) is 0 Å². The molecule has 0 amide bonds. The van der Waals surface area contributed by atoms with Crippen molar-refractivity contribution in [3.63, 3.8) is 0 Å². The van der Waals surface area contributed by atoms with Gasteiger partial charge in [0.25, 0.3) is 0 Å². The van der Waals surface area contributed by atoms with Crippen LogP contribution in [0, 0.1) is 0 Å². The number of rotatable bonds is 8. The third kappa shape index (κ3) is 5.26. The van der Waals surface area contributed by atoms with E-state index in [0.717, 1.165) is 46.2 Å². The fourth-order valence-electron chi connectivity index (χ4n) is 1.54. The Hall–Kier alpha value is -0.100. The molecule has 0 heterocycles. The molecular weight excluding hydrogens is 362 g/mol. The van der Waals surface area contributed by atoms with Crippen molar-refractivity contribution in [2.45, 2.75) is 26.3 Å². The van der Waals surface area contributed by atoms with Crippen molar-refractivity contribution in [3.05, 3.63) is 26.6 Å². The zero-order valence-electron chi connectivity index (χ0n) is 10.5. The molecule has 1 aromatic carbocycles. The predicted molar refractivity (Wildman–Crippen MR) is 81.0 cm³/mol. The summed E-state index contributed by atoms with van der Waals surface area (Å²) < 4.78 is 7.76. The summed E-state index contributed by atoms with van der Waals surface area (Å²) in [6.45, 7) is 4.55. The zero-order valence-corrected chi connectivity index (χ0v) is 13.7. The van der Waals surface area contributed by atoms with Gasteiger partial charge in [0.05, 0.1) is 11.1 Å². The minimum atomic E-state index is 0.217. The summed E-state index contributed by atoms with van der Waals surface area (Å²) in [5.74, 6) is 0.900. The highest BCUT2D eigenvalue weighted by atomic mass is 79.9. The number of nitrogens with one attached hydrogen (secondary N) is 1. The second-order valence-electron chi connectivity index (χ2n) is 3.98. The van der Waals surface area contributed by atoms with Crippen LogP contribution in [0.15, 0.2) is 21.1 Å². The van der Waals surface area contributed by atoms with Crippen LogP contribution < -0.4 is 10.1 Å². The van der Waals surface area contributed by atoms with Gasteiger partial charge in [-0.25, -0.2) is 0 Å². The molecule has 18 heavy (non-hydrogen) atoms. The van der Waals surface area contributed by atoms with Crippen LogP contribution in [0.5, 0.6) is 5.75 Å². The smallest absolute Gasteiger partial charge is 0.138 e. The predicted octanol–water partition coefficient (Wildman–Crippen LogP) is 3.47. The molecule has 1 rings (SSSR count). The van der Waals surface area contributed by atoms with E-state index in [0.29, 0.717) is 6.61 Å². The highest BCUT2D eigenvalue weighted by Gasteiger charge is 2.09. The van der Waals surface area contributed by atoms with Gasteiger partial charge in [0, 0.05) is 23.2 Å². The highest BCUT2D eigenvalue weighted by Crippen LogP contribution is 2.33. The van der Waals surface area contributed by atoms with Crippen LogP contribution in [0.25, 0.3) is 0 Å². The Kier molecular flexibility index (Phi) is 7.90. The molecular formula is C13H19Br2NO2. The van der Waals surface area contributed by atoms with Crippen LogP contribution in [-0.2, 0) is 6.54 Å². The molecule has 0 saturated heterocycles. The number of aliphatic hydroxyl groups excluding tert-OH is 1. The van der Waals surface area contributed by atoms with E-state index in [4.69, 9.17) is 9.84 Å². The first-order chi connectivity index (χ1) is 8.69. The van der Waals surface area contributed by atoms with Crippen LogP contribution in [0.1, 0.15) is 25.3 Å². The largest absolute Gasteiger partial charge is 0.492 e. The molecule has 1 aromatic rings. The maximum absolute atomic E-state index is 8.74. The summed E-state index contributed by atoms with van der Waals surface area (Å²) in [7, 11) is 0. The van der Waals surface area contributed by atoms with Crippen LogP contribution in [0.3, 0.4) is 0 Å². The zero-order chi connectivity index (χ0) is 13.4. The second kappa shape index (κ2) is 8.91. The molecule has 0 aliphatic carbocycles. The topological polar surface area (TPSA) is 41.5 Å². The summed E-state index contributed by atoms with van der Waals surface area (Å²) in [5, 5.41) is 12.0. The quantitative estimate of drug-likeness (QED) is 0.678. The van der Waals surface area contributed by atoms with E-state index in [-0.39, 0.29) is 6.61 Å². The molecule has 0 radical (unpaired) electrons. The van der Waals surface area contributed by atoms with Gasteiger partial charge in [-0.2, -0.15) is 0 Å². The lowest BCUT2D eigenvalue weighted by Gasteiger charge is -2.14. The second-order valence-corrected chi connectivity index (χ2v) is 5.75. The van der Waals surface area contributed by atoms with E-state index in [1.54, 1.807) is 0 Å². The van der Waals surface area contributed by atoms with E-state index in [2.05, 4.69) is 50.2 Å². The molecule has 3 nitrogen and oxygen atoms in total. The van der Waals surface area contributed by atoms with Crippen molar-refractivity contribution in [1.82, 2.24) is 5.32 Å². The van der Waals surface area contributed by atoms with Gasteiger partial charge in [-0.05, 0) is 47.4 Å². The van der Waals surface area contributed by atoms with Crippen LogP contribution in [0.2, 0.25) is 0 Å². The lowest BCUT2D eigenvalue weighted by Crippen LogP contribution is -2.16. The lowest BCUT2D eigenvalue weighted by atomic mass is 10.2. The molecule has 0 aromatic heterocycles. The number of hydrogen-bond donors (Lipinski definition) is 2. The van der Waals surface area contributed by atoms with E-state index in [1.807, 2.05) is 6.07 Å². The monoisotopic (exact) mass is 379 g/mol. The first-order valence-corrected chi connectivity index (χ1v) is 7.70.